The van der Waals surface area contributed by atoms with Gasteiger partial charge in [0.25, 0.3) is 0 Å². The Morgan fingerprint density at radius 2 is 2.05 bits per heavy atom. The average Bonchev–Trinajstić information content (AvgIpc) is 2.73. The number of hydrogen-bond donors (Lipinski definition) is 1. The topological polar surface area (TPSA) is 39.1 Å². The molecule has 0 atom stereocenters. The van der Waals surface area contributed by atoms with Crippen molar-refractivity contribution in [1.82, 2.24) is 14.9 Å². The maximum absolute atomic E-state index is 6.14. The molecule has 1 aliphatic heterocycles. The van der Waals surface area contributed by atoms with Gasteiger partial charge in [-0.1, -0.05) is 0 Å². The van der Waals surface area contributed by atoms with E-state index in [4.69, 9.17) is 4.74 Å². The van der Waals surface area contributed by atoms with Crippen LogP contribution in [-0.4, -0.2) is 28.7 Å². The first-order valence-electron chi connectivity index (χ1n) is 7.95. The number of nitrogens with one attached hydrogen (secondary N) is 1. The minimum Gasteiger partial charge on any atom is -0.474 e. The Bertz CT molecular complexity index is 662. The SMILES string of the molecule is Cc1cn(C)c2nc(OC3CCC4(CC3)CNC4)ccc12. The van der Waals surface area contributed by atoms with Gasteiger partial charge in [-0.25, -0.2) is 0 Å². The largest absolute Gasteiger partial charge is 0.474 e. The molecule has 0 unspecified atom stereocenters. The molecule has 3 heterocycles. The first kappa shape index (κ1) is 13.1. The molecule has 2 fully saturated rings. The normalized spacial score (nSPS) is 21.6. The van der Waals surface area contributed by atoms with Crippen LogP contribution in [0, 0.1) is 12.3 Å². The van der Waals surface area contributed by atoms with Crippen molar-refractivity contribution >= 4 is 11.0 Å². The van der Waals surface area contributed by atoms with Crippen molar-refractivity contribution < 1.29 is 4.74 Å². The van der Waals surface area contributed by atoms with Gasteiger partial charge in [0.2, 0.25) is 5.88 Å². The molecule has 1 saturated heterocycles. The third-order valence-electron chi connectivity index (χ3n) is 5.28. The highest BCUT2D eigenvalue weighted by Crippen LogP contribution is 2.40. The van der Waals surface area contributed by atoms with Crippen LogP contribution in [-0.2, 0) is 7.05 Å². The van der Waals surface area contributed by atoms with Crippen LogP contribution in [0.3, 0.4) is 0 Å². The second-order valence-electron chi connectivity index (χ2n) is 6.86. The van der Waals surface area contributed by atoms with E-state index < -0.39 is 0 Å². The molecule has 1 N–H and O–H groups in total. The fraction of sp³-hybridized carbons (Fsp3) is 0.588. The molecular weight excluding hydrogens is 262 g/mol. The second kappa shape index (κ2) is 4.73. The molecule has 4 heteroatoms. The monoisotopic (exact) mass is 285 g/mol. The first-order valence-corrected chi connectivity index (χ1v) is 7.95. The molecule has 1 saturated carbocycles. The van der Waals surface area contributed by atoms with Gasteiger partial charge in [0.1, 0.15) is 11.8 Å². The van der Waals surface area contributed by atoms with Crippen molar-refractivity contribution in [1.29, 1.82) is 0 Å². The van der Waals surface area contributed by atoms with E-state index in [2.05, 4.69) is 34.1 Å². The molecule has 0 amide bonds. The fourth-order valence-electron chi connectivity index (χ4n) is 3.82. The molecule has 1 spiro atoms. The predicted octanol–water partition coefficient (Wildman–Crippen LogP) is 2.79. The average molecular weight is 285 g/mol. The van der Waals surface area contributed by atoms with Crippen LogP contribution >= 0.6 is 0 Å². The van der Waals surface area contributed by atoms with Crippen LogP contribution in [0.25, 0.3) is 11.0 Å². The Balaban J connectivity index is 1.48. The molecule has 2 aromatic rings. The summed E-state index contributed by atoms with van der Waals surface area (Å²) in [6.07, 6.45) is 7.35. The number of ether oxygens (including phenoxy) is 1. The van der Waals surface area contributed by atoms with Gasteiger partial charge in [-0.15, -0.1) is 0 Å². The molecule has 0 bridgehead atoms. The van der Waals surface area contributed by atoms with E-state index in [1.54, 1.807) is 0 Å². The van der Waals surface area contributed by atoms with Gasteiger partial charge in [-0.05, 0) is 49.7 Å². The second-order valence-corrected chi connectivity index (χ2v) is 6.86. The van der Waals surface area contributed by atoms with Crippen molar-refractivity contribution in [2.75, 3.05) is 13.1 Å². The zero-order chi connectivity index (χ0) is 14.4. The van der Waals surface area contributed by atoms with E-state index in [-0.39, 0.29) is 0 Å². The van der Waals surface area contributed by atoms with Crippen molar-refractivity contribution in [3.8, 4) is 5.88 Å². The highest BCUT2D eigenvalue weighted by Gasteiger charge is 2.40. The Morgan fingerprint density at radius 1 is 1.29 bits per heavy atom. The lowest BCUT2D eigenvalue weighted by molar-refractivity contribution is 0.0403. The molecule has 2 aliphatic rings. The zero-order valence-corrected chi connectivity index (χ0v) is 12.9. The Hall–Kier alpha value is -1.55. The lowest BCUT2D eigenvalue weighted by Crippen LogP contribution is -2.55. The third-order valence-corrected chi connectivity index (χ3v) is 5.28. The van der Waals surface area contributed by atoms with Crippen molar-refractivity contribution in [3.63, 3.8) is 0 Å². The summed E-state index contributed by atoms with van der Waals surface area (Å²) in [5.41, 5.74) is 2.87. The van der Waals surface area contributed by atoms with Crippen LogP contribution in [0.4, 0.5) is 0 Å². The molecule has 112 valence electrons. The van der Waals surface area contributed by atoms with Crippen molar-refractivity contribution in [2.24, 2.45) is 12.5 Å². The van der Waals surface area contributed by atoms with Crippen LogP contribution in [0.1, 0.15) is 31.2 Å². The van der Waals surface area contributed by atoms with Gasteiger partial charge >= 0.3 is 0 Å². The lowest BCUT2D eigenvalue weighted by atomic mass is 9.69. The van der Waals surface area contributed by atoms with Gasteiger partial charge in [-0.3, -0.25) is 0 Å². The van der Waals surface area contributed by atoms with Gasteiger partial charge in [-0.2, -0.15) is 4.98 Å². The maximum Gasteiger partial charge on any atom is 0.215 e. The van der Waals surface area contributed by atoms with E-state index >= 15 is 0 Å². The minimum atomic E-state index is 0.336. The molecule has 0 aromatic carbocycles. The maximum atomic E-state index is 6.14. The molecule has 21 heavy (non-hydrogen) atoms. The van der Waals surface area contributed by atoms with Gasteiger partial charge in [0, 0.05) is 37.8 Å². The van der Waals surface area contributed by atoms with E-state index in [1.807, 2.05) is 13.1 Å². The van der Waals surface area contributed by atoms with Crippen LogP contribution in [0.5, 0.6) is 5.88 Å². The Kier molecular flexibility index (Phi) is 2.96. The summed E-state index contributed by atoms with van der Waals surface area (Å²) in [5.74, 6) is 0.774. The van der Waals surface area contributed by atoms with Gasteiger partial charge in [0.05, 0.1) is 0 Å². The van der Waals surface area contributed by atoms with E-state index in [0.29, 0.717) is 11.5 Å². The number of rotatable bonds is 2. The molecule has 0 radical (unpaired) electrons. The predicted molar refractivity (Wildman–Crippen MR) is 83.6 cm³/mol. The summed E-state index contributed by atoms with van der Waals surface area (Å²) in [6, 6.07) is 4.15. The number of aromatic nitrogens is 2. The third kappa shape index (κ3) is 2.22. The number of fused-ring (bicyclic) bond motifs is 1. The fourth-order valence-corrected chi connectivity index (χ4v) is 3.82. The minimum absolute atomic E-state index is 0.336. The summed E-state index contributed by atoms with van der Waals surface area (Å²) in [7, 11) is 2.04. The summed E-state index contributed by atoms with van der Waals surface area (Å²) in [5, 5.41) is 4.62. The summed E-state index contributed by atoms with van der Waals surface area (Å²) >= 11 is 0. The number of nitrogens with zero attached hydrogens (tertiary/aromatic N) is 2. The van der Waals surface area contributed by atoms with Crippen LogP contribution in [0.15, 0.2) is 18.3 Å². The molecule has 2 aromatic heterocycles. The van der Waals surface area contributed by atoms with Crippen molar-refractivity contribution in [3.05, 3.63) is 23.9 Å². The quantitative estimate of drug-likeness (QED) is 0.922. The first-order chi connectivity index (χ1) is 10.2. The number of hydrogen-bond acceptors (Lipinski definition) is 3. The Morgan fingerprint density at radius 3 is 2.71 bits per heavy atom. The summed E-state index contributed by atoms with van der Waals surface area (Å²) in [4.78, 5) is 4.69. The number of aryl methyl sites for hydroxylation is 2. The zero-order valence-electron chi connectivity index (χ0n) is 12.9. The standard InChI is InChI=1S/C17H23N3O/c1-12-9-20(2)16-14(12)3-4-15(19-16)21-13-5-7-17(8-6-13)10-18-11-17/h3-4,9,13,18H,5-8,10-11H2,1-2H3. The van der Waals surface area contributed by atoms with Crippen LogP contribution in [0.2, 0.25) is 0 Å². The van der Waals surface area contributed by atoms with Gasteiger partial charge < -0.3 is 14.6 Å². The van der Waals surface area contributed by atoms with Crippen LogP contribution < -0.4 is 10.1 Å². The highest BCUT2D eigenvalue weighted by atomic mass is 16.5. The highest BCUT2D eigenvalue weighted by molar-refractivity contribution is 5.80. The summed E-state index contributed by atoms with van der Waals surface area (Å²) in [6.45, 7) is 4.52. The van der Waals surface area contributed by atoms with E-state index in [0.717, 1.165) is 24.4 Å². The molecular formula is C17H23N3O. The molecule has 4 nitrogen and oxygen atoms in total. The summed E-state index contributed by atoms with van der Waals surface area (Å²) < 4.78 is 8.22. The van der Waals surface area contributed by atoms with E-state index in [1.165, 1.54) is 36.9 Å². The smallest absolute Gasteiger partial charge is 0.215 e. The number of pyridine rings is 1. The Labute approximate surface area is 125 Å². The lowest BCUT2D eigenvalue weighted by Gasteiger charge is -2.47. The van der Waals surface area contributed by atoms with Gasteiger partial charge in [0.15, 0.2) is 0 Å². The molecule has 1 aliphatic carbocycles. The van der Waals surface area contributed by atoms with Crippen molar-refractivity contribution in [2.45, 2.75) is 38.7 Å². The van der Waals surface area contributed by atoms with E-state index in [9.17, 15) is 0 Å². The molecule has 4 rings (SSSR count).